The van der Waals surface area contributed by atoms with Crippen LogP contribution in [0.2, 0.25) is 0 Å². The number of aromatic nitrogens is 3. The fraction of sp³-hybridized carbons (Fsp3) is 0.308. The Labute approximate surface area is 111 Å². The van der Waals surface area contributed by atoms with Gasteiger partial charge in [-0.1, -0.05) is 0 Å². The number of nitrogens with one attached hydrogen (secondary N) is 2. The molecule has 2 aromatic heterocycles. The first kappa shape index (κ1) is 13.1. The molecule has 0 unspecified atom stereocenters. The number of nitrogens with zero attached hydrogens (tertiary/aromatic N) is 3. The van der Waals surface area contributed by atoms with Gasteiger partial charge in [-0.3, -0.25) is 9.89 Å². The molecular weight excluding hydrogens is 242 g/mol. The van der Waals surface area contributed by atoms with Gasteiger partial charge in [0.2, 0.25) is 0 Å². The molecule has 0 saturated heterocycles. The van der Waals surface area contributed by atoms with Gasteiger partial charge in [0.15, 0.2) is 5.82 Å². The molecule has 100 valence electrons. The Bertz CT molecular complexity index is 586. The zero-order chi connectivity index (χ0) is 14.0. The smallest absolute Gasteiger partial charge is 0.258 e. The molecule has 0 spiro atoms. The Balaban J connectivity index is 2.14. The first-order valence-corrected chi connectivity index (χ1v) is 5.95. The van der Waals surface area contributed by atoms with E-state index < -0.39 is 0 Å². The average molecular weight is 259 g/mol. The molecule has 0 atom stereocenters. The van der Waals surface area contributed by atoms with Gasteiger partial charge in [-0.25, -0.2) is 4.98 Å². The third-order valence-corrected chi connectivity index (χ3v) is 2.95. The third kappa shape index (κ3) is 2.73. The number of hydrogen-bond donors (Lipinski definition) is 2. The topological polar surface area (TPSA) is 73.9 Å². The van der Waals surface area contributed by atoms with Crippen LogP contribution in [0.5, 0.6) is 0 Å². The molecule has 0 bridgehead atoms. The fourth-order valence-electron chi connectivity index (χ4n) is 1.57. The summed E-state index contributed by atoms with van der Waals surface area (Å²) in [5.74, 6) is 1.15. The zero-order valence-electron chi connectivity index (χ0n) is 11.5. The van der Waals surface area contributed by atoms with Crippen LogP contribution in [0.1, 0.15) is 21.6 Å². The molecule has 0 aromatic carbocycles. The van der Waals surface area contributed by atoms with Crippen LogP contribution in [-0.4, -0.2) is 35.2 Å². The number of anilines is 2. The highest BCUT2D eigenvalue weighted by atomic mass is 16.1. The fourth-order valence-corrected chi connectivity index (χ4v) is 1.57. The van der Waals surface area contributed by atoms with Crippen LogP contribution in [0.3, 0.4) is 0 Å². The Morgan fingerprint density at radius 3 is 2.53 bits per heavy atom. The van der Waals surface area contributed by atoms with Crippen molar-refractivity contribution >= 4 is 17.5 Å². The van der Waals surface area contributed by atoms with Gasteiger partial charge in [-0.05, 0) is 26.0 Å². The predicted octanol–water partition coefficient (Wildman–Crippen LogP) is 1.74. The number of pyridine rings is 1. The molecule has 2 rings (SSSR count). The Morgan fingerprint density at radius 2 is 2.05 bits per heavy atom. The Hall–Kier alpha value is -2.37. The van der Waals surface area contributed by atoms with Crippen molar-refractivity contribution in [1.29, 1.82) is 0 Å². The van der Waals surface area contributed by atoms with E-state index in [1.54, 1.807) is 18.3 Å². The summed E-state index contributed by atoms with van der Waals surface area (Å²) in [6.45, 7) is 3.81. The van der Waals surface area contributed by atoms with Crippen LogP contribution in [0.15, 0.2) is 18.3 Å². The minimum Gasteiger partial charge on any atom is -0.363 e. The lowest BCUT2D eigenvalue weighted by Crippen LogP contribution is -2.15. The number of aromatic amines is 1. The number of H-pyrrole nitrogens is 1. The van der Waals surface area contributed by atoms with Gasteiger partial charge in [-0.15, -0.1) is 0 Å². The molecular formula is C13H17N5O. The molecule has 0 fully saturated rings. The normalized spacial score (nSPS) is 10.3. The van der Waals surface area contributed by atoms with Gasteiger partial charge < -0.3 is 10.2 Å². The van der Waals surface area contributed by atoms with Crippen LogP contribution in [0, 0.1) is 13.8 Å². The highest BCUT2D eigenvalue weighted by molar-refractivity contribution is 6.04. The van der Waals surface area contributed by atoms with E-state index in [1.807, 2.05) is 32.8 Å². The Morgan fingerprint density at radius 1 is 1.32 bits per heavy atom. The second kappa shape index (κ2) is 5.09. The molecule has 2 aromatic rings. The van der Waals surface area contributed by atoms with Crippen LogP contribution in [0.25, 0.3) is 0 Å². The molecule has 0 aliphatic heterocycles. The maximum absolute atomic E-state index is 12.0. The van der Waals surface area contributed by atoms with Crippen LogP contribution < -0.4 is 10.2 Å². The van der Waals surface area contributed by atoms with Gasteiger partial charge in [0.05, 0.1) is 5.56 Å². The van der Waals surface area contributed by atoms with E-state index in [1.165, 1.54) is 0 Å². The van der Waals surface area contributed by atoms with E-state index in [0.29, 0.717) is 11.4 Å². The van der Waals surface area contributed by atoms with E-state index in [4.69, 9.17) is 0 Å². The van der Waals surface area contributed by atoms with Gasteiger partial charge in [0.1, 0.15) is 5.82 Å². The minimum atomic E-state index is -0.215. The molecule has 19 heavy (non-hydrogen) atoms. The van der Waals surface area contributed by atoms with Gasteiger partial charge in [0.25, 0.3) is 5.91 Å². The van der Waals surface area contributed by atoms with Gasteiger partial charge in [-0.2, -0.15) is 5.10 Å². The Kier molecular flexibility index (Phi) is 3.50. The van der Waals surface area contributed by atoms with E-state index >= 15 is 0 Å². The second-order valence-electron chi connectivity index (χ2n) is 4.58. The van der Waals surface area contributed by atoms with E-state index in [0.717, 1.165) is 17.1 Å². The quantitative estimate of drug-likeness (QED) is 0.880. The van der Waals surface area contributed by atoms with Crippen molar-refractivity contribution in [3.05, 3.63) is 35.2 Å². The number of carbonyl (C=O) groups is 1. The van der Waals surface area contributed by atoms with E-state index in [2.05, 4.69) is 20.5 Å². The maximum Gasteiger partial charge on any atom is 0.258 e. The highest BCUT2D eigenvalue weighted by Crippen LogP contribution is 2.15. The van der Waals surface area contributed by atoms with Crippen LogP contribution in [-0.2, 0) is 0 Å². The largest absolute Gasteiger partial charge is 0.363 e. The molecule has 0 saturated carbocycles. The molecule has 0 aliphatic carbocycles. The molecule has 6 heteroatoms. The number of carbonyl (C=O) groups excluding carboxylic acids is 1. The standard InChI is InChI=1S/C13H17N5O/c1-8-9(2)16-17-12(8)15-13(19)10-5-6-11(14-7-10)18(3)4/h5-7H,1-4H3,(H2,15,16,17,19). The van der Waals surface area contributed by atoms with Crippen molar-refractivity contribution in [2.24, 2.45) is 0 Å². The molecule has 2 heterocycles. The summed E-state index contributed by atoms with van der Waals surface area (Å²) >= 11 is 0. The van der Waals surface area contributed by atoms with E-state index in [9.17, 15) is 4.79 Å². The zero-order valence-corrected chi connectivity index (χ0v) is 11.5. The second-order valence-corrected chi connectivity index (χ2v) is 4.58. The van der Waals surface area contributed by atoms with Crippen molar-refractivity contribution in [3.8, 4) is 0 Å². The van der Waals surface area contributed by atoms with Gasteiger partial charge in [0, 0.05) is 31.5 Å². The summed E-state index contributed by atoms with van der Waals surface area (Å²) in [7, 11) is 3.80. The summed E-state index contributed by atoms with van der Waals surface area (Å²) < 4.78 is 0. The van der Waals surface area contributed by atoms with Crippen molar-refractivity contribution in [1.82, 2.24) is 15.2 Å². The molecule has 0 aliphatic rings. The maximum atomic E-state index is 12.0. The average Bonchev–Trinajstić information content (AvgIpc) is 2.71. The summed E-state index contributed by atoms with van der Waals surface area (Å²) in [6.07, 6.45) is 1.56. The summed E-state index contributed by atoms with van der Waals surface area (Å²) in [4.78, 5) is 18.1. The molecule has 6 nitrogen and oxygen atoms in total. The van der Waals surface area contributed by atoms with Crippen molar-refractivity contribution in [2.75, 3.05) is 24.3 Å². The first-order valence-electron chi connectivity index (χ1n) is 5.95. The minimum absolute atomic E-state index is 0.215. The first-order chi connectivity index (χ1) is 8.99. The van der Waals surface area contributed by atoms with Crippen molar-refractivity contribution in [3.63, 3.8) is 0 Å². The van der Waals surface area contributed by atoms with E-state index in [-0.39, 0.29) is 5.91 Å². The number of rotatable bonds is 3. The lowest BCUT2D eigenvalue weighted by molar-refractivity contribution is 0.102. The van der Waals surface area contributed by atoms with Gasteiger partial charge >= 0.3 is 0 Å². The van der Waals surface area contributed by atoms with Crippen LogP contribution in [0.4, 0.5) is 11.6 Å². The molecule has 2 N–H and O–H groups in total. The number of amides is 1. The van der Waals surface area contributed by atoms with Crippen LogP contribution >= 0.6 is 0 Å². The lowest BCUT2D eigenvalue weighted by atomic mass is 10.2. The summed E-state index contributed by atoms with van der Waals surface area (Å²) in [6, 6.07) is 3.55. The molecule has 1 amide bonds. The van der Waals surface area contributed by atoms with Crippen molar-refractivity contribution < 1.29 is 4.79 Å². The number of hydrogen-bond acceptors (Lipinski definition) is 4. The summed E-state index contributed by atoms with van der Waals surface area (Å²) in [5.41, 5.74) is 2.38. The third-order valence-electron chi connectivity index (χ3n) is 2.95. The lowest BCUT2D eigenvalue weighted by Gasteiger charge is -2.11. The van der Waals surface area contributed by atoms with Crippen molar-refractivity contribution in [2.45, 2.75) is 13.8 Å². The predicted molar refractivity (Wildman–Crippen MR) is 74.6 cm³/mol. The number of aryl methyl sites for hydroxylation is 1. The SMILES string of the molecule is Cc1[nH]nc(NC(=O)c2ccc(N(C)C)nc2)c1C. The highest BCUT2D eigenvalue weighted by Gasteiger charge is 2.11. The molecule has 0 radical (unpaired) electrons. The summed E-state index contributed by atoms with van der Waals surface area (Å²) in [5, 5.41) is 9.63. The monoisotopic (exact) mass is 259 g/mol.